The number of hydrogen-bond donors (Lipinski definition) is 1. The van der Waals surface area contributed by atoms with Crippen molar-refractivity contribution in [2.24, 2.45) is 0 Å². The minimum Gasteiger partial charge on any atom is -0.312 e. The van der Waals surface area contributed by atoms with E-state index in [0.717, 1.165) is 12.6 Å². The van der Waals surface area contributed by atoms with Crippen LogP contribution < -0.4 is 5.32 Å². The van der Waals surface area contributed by atoms with E-state index in [1.165, 1.54) is 19.1 Å². The second-order valence-corrected chi connectivity index (χ2v) is 6.90. The molecule has 0 aliphatic heterocycles. The van der Waals surface area contributed by atoms with E-state index in [4.69, 9.17) is 0 Å². The van der Waals surface area contributed by atoms with Crippen LogP contribution in [0.4, 0.5) is 0 Å². The Morgan fingerprint density at radius 1 is 1.47 bits per heavy atom. The normalized spacial score (nSPS) is 19.5. The molecule has 15 heavy (non-hydrogen) atoms. The van der Waals surface area contributed by atoms with Gasteiger partial charge in [-0.25, -0.2) is 8.42 Å². The van der Waals surface area contributed by atoms with E-state index in [1.807, 2.05) is 7.05 Å². The summed E-state index contributed by atoms with van der Waals surface area (Å²) in [7, 11) is -0.857. The molecule has 0 aromatic carbocycles. The van der Waals surface area contributed by atoms with Crippen molar-refractivity contribution in [3.05, 3.63) is 0 Å². The fraction of sp³-hybridized carbons (Fsp3) is 1.00. The number of nitrogens with one attached hydrogen (secondary N) is 1. The summed E-state index contributed by atoms with van der Waals surface area (Å²) in [5, 5.41) is 3.44. The highest BCUT2D eigenvalue weighted by molar-refractivity contribution is 7.90. The van der Waals surface area contributed by atoms with Gasteiger partial charge in [-0.15, -0.1) is 0 Å². The Bertz CT molecular complexity index is 286. The van der Waals surface area contributed by atoms with Gasteiger partial charge < -0.3 is 10.2 Å². The van der Waals surface area contributed by atoms with Gasteiger partial charge in [0.1, 0.15) is 9.84 Å². The maximum Gasteiger partial charge on any atom is 0.148 e. The summed E-state index contributed by atoms with van der Waals surface area (Å²) < 4.78 is 22.0. The molecular weight excluding hydrogens is 212 g/mol. The zero-order valence-corrected chi connectivity index (χ0v) is 10.7. The average Bonchev–Trinajstić information content (AvgIpc) is 2.92. The average molecular weight is 234 g/mol. The van der Waals surface area contributed by atoms with Crippen molar-refractivity contribution in [1.82, 2.24) is 10.2 Å². The van der Waals surface area contributed by atoms with Crippen molar-refractivity contribution >= 4 is 9.84 Å². The van der Waals surface area contributed by atoms with E-state index in [0.29, 0.717) is 12.6 Å². The molecule has 0 bridgehead atoms. The van der Waals surface area contributed by atoms with Gasteiger partial charge in [0.15, 0.2) is 0 Å². The minimum atomic E-state index is -2.83. The van der Waals surface area contributed by atoms with Gasteiger partial charge in [-0.3, -0.25) is 0 Å². The highest BCUT2D eigenvalue weighted by Gasteiger charge is 2.21. The summed E-state index contributed by atoms with van der Waals surface area (Å²) >= 11 is 0. The molecule has 4 nitrogen and oxygen atoms in total. The first-order valence-corrected chi connectivity index (χ1v) is 7.56. The van der Waals surface area contributed by atoms with Crippen LogP contribution in [0.15, 0.2) is 0 Å². The lowest BCUT2D eigenvalue weighted by atomic mass is 10.3. The Hall–Kier alpha value is -0.130. The predicted octanol–water partition coefficient (Wildman–Crippen LogP) is 0.103. The van der Waals surface area contributed by atoms with Crippen LogP contribution >= 0.6 is 0 Å². The Balaban J connectivity index is 2.16. The summed E-state index contributed by atoms with van der Waals surface area (Å²) in [5.41, 5.74) is 0. The molecule has 1 N–H and O–H groups in total. The summed E-state index contributed by atoms with van der Waals surface area (Å²) in [6, 6.07) is 1.11. The van der Waals surface area contributed by atoms with Crippen LogP contribution in [0.5, 0.6) is 0 Å². The molecule has 1 aliphatic rings. The number of nitrogens with zero attached hydrogens (tertiary/aromatic N) is 1. The van der Waals surface area contributed by atoms with E-state index < -0.39 is 9.84 Å². The maximum atomic E-state index is 11.0. The largest absolute Gasteiger partial charge is 0.312 e. The monoisotopic (exact) mass is 234 g/mol. The number of likely N-dealkylation sites (N-methyl/N-ethyl adjacent to an activating group) is 1. The molecule has 90 valence electrons. The van der Waals surface area contributed by atoms with Crippen LogP contribution in [-0.4, -0.2) is 57.5 Å². The molecule has 1 saturated carbocycles. The molecule has 0 aromatic rings. The maximum absolute atomic E-state index is 11.0. The Morgan fingerprint density at radius 2 is 2.07 bits per heavy atom. The highest BCUT2D eigenvalue weighted by atomic mass is 32.2. The van der Waals surface area contributed by atoms with E-state index >= 15 is 0 Å². The third-order valence-electron chi connectivity index (χ3n) is 2.85. The fourth-order valence-electron chi connectivity index (χ4n) is 1.31. The van der Waals surface area contributed by atoms with Crippen molar-refractivity contribution < 1.29 is 8.42 Å². The van der Waals surface area contributed by atoms with Gasteiger partial charge in [-0.2, -0.15) is 0 Å². The molecule has 1 fully saturated rings. The van der Waals surface area contributed by atoms with Crippen molar-refractivity contribution in [3.63, 3.8) is 0 Å². The van der Waals surface area contributed by atoms with Crippen LogP contribution in [0.2, 0.25) is 0 Å². The van der Waals surface area contributed by atoms with Gasteiger partial charge in [0.2, 0.25) is 0 Å². The molecule has 1 rings (SSSR count). The summed E-state index contributed by atoms with van der Waals surface area (Å²) in [6.45, 7) is 3.69. The first-order chi connectivity index (χ1) is 6.88. The lowest BCUT2D eigenvalue weighted by molar-refractivity contribution is 0.264. The highest BCUT2D eigenvalue weighted by Crippen LogP contribution is 2.18. The summed E-state index contributed by atoms with van der Waals surface area (Å²) in [6.07, 6.45) is 3.87. The van der Waals surface area contributed by atoms with Gasteiger partial charge in [-0.05, 0) is 26.8 Å². The van der Waals surface area contributed by atoms with Crippen molar-refractivity contribution in [1.29, 1.82) is 0 Å². The first-order valence-electron chi connectivity index (χ1n) is 5.50. The topological polar surface area (TPSA) is 49.4 Å². The second-order valence-electron chi connectivity index (χ2n) is 4.64. The molecule has 0 amide bonds. The van der Waals surface area contributed by atoms with Crippen LogP contribution in [0.1, 0.15) is 19.8 Å². The van der Waals surface area contributed by atoms with Gasteiger partial charge in [0.05, 0.1) is 5.75 Å². The molecule has 0 radical (unpaired) electrons. The summed E-state index contributed by atoms with van der Waals surface area (Å²) in [4.78, 5) is 2.09. The molecule has 5 heteroatoms. The van der Waals surface area contributed by atoms with E-state index in [9.17, 15) is 8.42 Å². The van der Waals surface area contributed by atoms with Crippen LogP contribution in [-0.2, 0) is 9.84 Å². The predicted molar refractivity (Wildman–Crippen MR) is 62.8 cm³/mol. The quantitative estimate of drug-likeness (QED) is 0.679. The zero-order valence-electron chi connectivity index (χ0n) is 9.86. The van der Waals surface area contributed by atoms with E-state index in [-0.39, 0.29) is 5.75 Å². The molecule has 1 atom stereocenters. The molecule has 1 unspecified atom stereocenters. The molecule has 1 aliphatic carbocycles. The Morgan fingerprint density at radius 3 is 2.53 bits per heavy atom. The van der Waals surface area contributed by atoms with Gasteiger partial charge in [0, 0.05) is 31.4 Å². The Kier molecular flexibility index (Phi) is 4.55. The molecule has 0 aromatic heterocycles. The molecule has 0 heterocycles. The van der Waals surface area contributed by atoms with Crippen molar-refractivity contribution in [3.8, 4) is 0 Å². The molecule has 0 saturated heterocycles. The number of sulfone groups is 1. The van der Waals surface area contributed by atoms with Crippen molar-refractivity contribution in [2.45, 2.75) is 31.8 Å². The van der Waals surface area contributed by atoms with Crippen molar-refractivity contribution in [2.75, 3.05) is 32.1 Å². The molecule has 0 spiro atoms. The third-order valence-corrected chi connectivity index (χ3v) is 3.77. The van der Waals surface area contributed by atoms with Crippen LogP contribution in [0, 0.1) is 0 Å². The van der Waals surface area contributed by atoms with Crippen LogP contribution in [0.25, 0.3) is 0 Å². The lowest BCUT2D eigenvalue weighted by Gasteiger charge is -2.24. The first kappa shape index (κ1) is 12.9. The molecular formula is C10H22N2O2S. The fourth-order valence-corrected chi connectivity index (χ4v) is 1.93. The van der Waals surface area contributed by atoms with Gasteiger partial charge in [-0.1, -0.05) is 0 Å². The Labute approximate surface area is 93.0 Å². The van der Waals surface area contributed by atoms with Gasteiger partial charge in [0.25, 0.3) is 0 Å². The van der Waals surface area contributed by atoms with E-state index in [1.54, 1.807) is 0 Å². The second kappa shape index (κ2) is 5.27. The summed E-state index contributed by atoms with van der Waals surface area (Å²) in [5.74, 6) is 0.247. The third kappa shape index (κ3) is 6.12. The SMILES string of the molecule is CC(CNC1CC1)N(C)CCS(C)(=O)=O. The minimum absolute atomic E-state index is 0.247. The lowest BCUT2D eigenvalue weighted by Crippen LogP contribution is -2.40. The zero-order chi connectivity index (χ0) is 11.5. The van der Waals surface area contributed by atoms with Crippen LogP contribution in [0.3, 0.4) is 0 Å². The van der Waals surface area contributed by atoms with E-state index in [2.05, 4.69) is 17.1 Å². The standard InChI is InChI=1S/C10H22N2O2S/c1-9(8-11-10-4-5-10)12(2)6-7-15(3,13)14/h9-11H,4-8H2,1-3H3. The van der Waals surface area contributed by atoms with Gasteiger partial charge >= 0.3 is 0 Å². The smallest absolute Gasteiger partial charge is 0.148 e. The number of hydrogen-bond acceptors (Lipinski definition) is 4. The number of rotatable bonds is 7.